The summed E-state index contributed by atoms with van der Waals surface area (Å²) in [5.74, 6) is -0.150. The molecule has 0 atom stereocenters. The van der Waals surface area contributed by atoms with Gasteiger partial charge in [-0.25, -0.2) is 4.79 Å². The molecule has 0 radical (unpaired) electrons. The van der Waals surface area contributed by atoms with E-state index in [2.05, 4.69) is 4.74 Å². The number of esters is 1. The van der Waals surface area contributed by atoms with E-state index in [1.54, 1.807) is 12.1 Å². The van der Waals surface area contributed by atoms with Gasteiger partial charge in [0.15, 0.2) is 11.5 Å². The third-order valence-corrected chi connectivity index (χ3v) is 1.84. The predicted octanol–water partition coefficient (Wildman–Crippen LogP) is 1.97. The van der Waals surface area contributed by atoms with Crippen LogP contribution in [0.5, 0.6) is 11.5 Å². The second-order valence-electron chi connectivity index (χ2n) is 3.02. The molecule has 0 saturated heterocycles. The lowest BCUT2D eigenvalue weighted by molar-refractivity contribution is 0.0600. The van der Waals surface area contributed by atoms with Gasteiger partial charge >= 0.3 is 5.97 Å². The quantitative estimate of drug-likeness (QED) is 0.772. The maximum atomic E-state index is 11.1. The fraction of sp³-hybridized carbons (Fsp3) is 0.364. The van der Waals surface area contributed by atoms with Crippen molar-refractivity contribution in [1.29, 1.82) is 0 Å². The molecule has 0 aromatic heterocycles. The number of hydrogen-bond acceptors (Lipinski definition) is 4. The van der Waals surface area contributed by atoms with Gasteiger partial charge in [0, 0.05) is 0 Å². The van der Waals surface area contributed by atoms with Crippen molar-refractivity contribution in [2.75, 3.05) is 13.7 Å². The Balaban J connectivity index is 2.83. The Morgan fingerprint density at radius 1 is 1.47 bits per heavy atom. The number of carbonyl (C=O) groups excluding carboxylic acids is 1. The summed E-state index contributed by atoms with van der Waals surface area (Å²) in [6, 6.07) is 4.44. The predicted molar refractivity (Wildman–Crippen MR) is 55.2 cm³/mol. The van der Waals surface area contributed by atoms with E-state index in [-0.39, 0.29) is 5.75 Å². The Bertz CT molecular complexity index is 346. The summed E-state index contributed by atoms with van der Waals surface area (Å²) < 4.78 is 9.77. The molecule has 1 rings (SSSR count). The zero-order chi connectivity index (χ0) is 11.3. The molecule has 0 aliphatic carbocycles. The normalized spacial score (nSPS) is 9.73. The standard InChI is InChI=1S/C11H14O4/c1-3-6-15-10-5-4-8(7-9(10)12)11(13)14-2/h4-5,7,12H,3,6H2,1-2H3. The fourth-order valence-electron chi connectivity index (χ4n) is 1.10. The van der Waals surface area contributed by atoms with Crippen LogP contribution in [-0.2, 0) is 4.74 Å². The van der Waals surface area contributed by atoms with E-state index in [0.29, 0.717) is 17.9 Å². The maximum absolute atomic E-state index is 11.1. The molecule has 0 aliphatic heterocycles. The number of benzene rings is 1. The summed E-state index contributed by atoms with van der Waals surface area (Å²) in [6.07, 6.45) is 0.859. The second kappa shape index (κ2) is 5.24. The van der Waals surface area contributed by atoms with Crippen LogP contribution in [0.15, 0.2) is 18.2 Å². The molecule has 4 heteroatoms. The number of phenols is 1. The lowest BCUT2D eigenvalue weighted by Crippen LogP contribution is -2.01. The van der Waals surface area contributed by atoms with Gasteiger partial charge in [-0.1, -0.05) is 6.92 Å². The average molecular weight is 210 g/mol. The minimum absolute atomic E-state index is 0.0497. The Labute approximate surface area is 88.4 Å². The Morgan fingerprint density at radius 3 is 2.73 bits per heavy atom. The van der Waals surface area contributed by atoms with Crippen LogP contribution in [0.1, 0.15) is 23.7 Å². The lowest BCUT2D eigenvalue weighted by atomic mass is 10.2. The van der Waals surface area contributed by atoms with Gasteiger partial charge < -0.3 is 14.6 Å². The summed E-state index contributed by atoms with van der Waals surface area (Å²) in [4.78, 5) is 11.1. The van der Waals surface area contributed by atoms with Crippen LogP contribution in [0.25, 0.3) is 0 Å². The maximum Gasteiger partial charge on any atom is 0.337 e. The molecule has 0 spiro atoms. The third-order valence-electron chi connectivity index (χ3n) is 1.84. The van der Waals surface area contributed by atoms with Crippen molar-refractivity contribution in [3.05, 3.63) is 23.8 Å². The molecule has 1 aromatic carbocycles. The van der Waals surface area contributed by atoms with Gasteiger partial charge in [-0.05, 0) is 24.6 Å². The first kappa shape index (κ1) is 11.4. The van der Waals surface area contributed by atoms with Gasteiger partial charge in [0.2, 0.25) is 0 Å². The van der Waals surface area contributed by atoms with Crippen molar-refractivity contribution in [3.8, 4) is 11.5 Å². The minimum Gasteiger partial charge on any atom is -0.504 e. The second-order valence-corrected chi connectivity index (χ2v) is 3.02. The minimum atomic E-state index is -0.479. The summed E-state index contributed by atoms with van der Waals surface area (Å²) in [7, 11) is 1.29. The zero-order valence-electron chi connectivity index (χ0n) is 8.82. The van der Waals surface area contributed by atoms with Crippen LogP contribution in [0, 0.1) is 0 Å². The van der Waals surface area contributed by atoms with Crippen molar-refractivity contribution in [2.45, 2.75) is 13.3 Å². The topological polar surface area (TPSA) is 55.8 Å². The molecule has 0 aliphatic rings. The highest BCUT2D eigenvalue weighted by atomic mass is 16.5. The van der Waals surface area contributed by atoms with Crippen LogP contribution in [0.4, 0.5) is 0 Å². The number of ether oxygens (including phenoxy) is 2. The first-order valence-electron chi connectivity index (χ1n) is 4.73. The van der Waals surface area contributed by atoms with E-state index in [1.165, 1.54) is 13.2 Å². The van der Waals surface area contributed by atoms with E-state index in [1.807, 2.05) is 6.92 Å². The number of aromatic hydroxyl groups is 1. The van der Waals surface area contributed by atoms with Gasteiger partial charge in [0.1, 0.15) is 0 Å². The van der Waals surface area contributed by atoms with Crippen molar-refractivity contribution in [2.24, 2.45) is 0 Å². The molecular formula is C11H14O4. The summed E-state index contributed by atoms with van der Waals surface area (Å²) in [6.45, 7) is 2.50. The van der Waals surface area contributed by atoms with E-state index in [4.69, 9.17) is 4.74 Å². The molecular weight excluding hydrogens is 196 g/mol. The first-order chi connectivity index (χ1) is 7.19. The summed E-state index contributed by atoms with van der Waals surface area (Å²) in [5.41, 5.74) is 0.304. The monoisotopic (exact) mass is 210 g/mol. The summed E-state index contributed by atoms with van der Waals surface area (Å²) >= 11 is 0. The van der Waals surface area contributed by atoms with E-state index < -0.39 is 5.97 Å². The van der Waals surface area contributed by atoms with Gasteiger partial charge in [-0.15, -0.1) is 0 Å². The first-order valence-corrected chi connectivity index (χ1v) is 4.73. The van der Waals surface area contributed by atoms with E-state index >= 15 is 0 Å². The molecule has 0 amide bonds. The van der Waals surface area contributed by atoms with Gasteiger partial charge in [0.05, 0.1) is 19.3 Å². The van der Waals surface area contributed by atoms with Gasteiger partial charge in [-0.3, -0.25) is 0 Å². The molecule has 0 bridgehead atoms. The number of methoxy groups -OCH3 is 1. The van der Waals surface area contributed by atoms with Gasteiger partial charge in [-0.2, -0.15) is 0 Å². The largest absolute Gasteiger partial charge is 0.504 e. The van der Waals surface area contributed by atoms with Crippen LogP contribution in [0.2, 0.25) is 0 Å². The number of carbonyl (C=O) groups is 1. The zero-order valence-corrected chi connectivity index (χ0v) is 8.82. The average Bonchev–Trinajstić information content (AvgIpc) is 2.26. The number of rotatable bonds is 4. The van der Waals surface area contributed by atoms with Crippen molar-refractivity contribution in [3.63, 3.8) is 0 Å². The molecule has 0 heterocycles. The molecule has 15 heavy (non-hydrogen) atoms. The third kappa shape index (κ3) is 2.87. The smallest absolute Gasteiger partial charge is 0.337 e. The van der Waals surface area contributed by atoms with Crippen LogP contribution >= 0.6 is 0 Å². The Hall–Kier alpha value is -1.71. The van der Waals surface area contributed by atoms with Crippen molar-refractivity contribution < 1.29 is 19.4 Å². The molecule has 0 saturated carbocycles. The molecule has 0 unspecified atom stereocenters. The fourth-order valence-corrected chi connectivity index (χ4v) is 1.10. The highest BCUT2D eigenvalue weighted by Gasteiger charge is 2.09. The van der Waals surface area contributed by atoms with Crippen molar-refractivity contribution in [1.82, 2.24) is 0 Å². The van der Waals surface area contributed by atoms with E-state index in [0.717, 1.165) is 6.42 Å². The summed E-state index contributed by atoms with van der Waals surface area (Å²) in [5, 5.41) is 9.53. The van der Waals surface area contributed by atoms with Crippen LogP contribution in [0.3, 0.4) is 0 Å². The lowest BCUT2D eigenvalue weighted by Gasteiger charge is -2.07. The molecule has 4 nitrogen and oxygen atoms in total. The van der Waals surface area contributed by atoms with Crippen molar-refractivity contribution >= 4 is 5.97 Å². The van der Waals surface area contributed by atoms with E-state index in [9.17, 15) is 9.90 Å². The highest BCUT2D eigenvalue weighted by Crippen LogP contribution is 2.27. The molecule has 0 fully saturated rings. The number of phenolic OH excluding ortho intramolecular Hbond substituents is 1. The van der Waals surface area contributed by atoms with Crippen LogP contribution < -0.4 is 4.74 Å². The highest BCUT2D eigenvalue weighted by molar-refractivity contribution is 5.90. The Kier molecular flexibility index (Phi) is 3.97. The van der Waals surface area contributed by atoms with Crippen LogP contribution in [-0.4, -0.2) is 24.8 Å². The van der Waals surface area contributed by atoms with Gasteiger partial charge in [0.25, 0.3) is 0 Å². The Morgan fingerprint density at radius 2 is 2.20 bits per heavy atom. The molecule has 1 aromatic rings. The molecule has 82 valence electrons. The SMILES string of the molecule is CCCOc1ccc(C(=O)OC)cc1O. The molecule has 1 N–H and O–H groups in total. The number of hydrogen-bond donors (Lipinski definition) is 1.